The Hall–Kier alpha value is -1.45. The second-order valence-corrected chi connectivity index (χ2v) is 2.69. The summed E-state index contributed by atoms with van der Waals surface area (Å²) >= 11 is 0. The van der Waals surface area contributed by atoms with E-state index < -0.39 is 6.09 Å². The molecule has 14 heavy (non-hydrogen) atoms. The van der Waals surface area contributed by atoms with Crippen LogP contribution in [0, 0.1) is 0 Å². The lowest BCUT2D eigenvalue weighted by Crippen LogP contribution is -2.15. The number of aliphatic imine (C=N–C) groups is 1. The fourth-order valence-electron chi connectivity index (χ4n) is 0.886. The number of nitrogens with zero attached hydrogens (tertiary/aromatic N) is 1. The van der Waals surface area contributed by atoms with Gasteiger partial charge in [0, 0.05) is 12.8 Å². The topological polar surface area (TPSA) is 55.7 Å². The maximum absolute atomic E-state index is 11.4. The summed E-state index contributed by atoms with van der Waals surface area (Å²) in [7, 11) is 1.22. The van der Waals surface area contributed by atoms with Crippen molar-refractivity contribution in [2.75, 3.05) is 7.11 Å². The molecule has 78 valence electrons. The lowest BCUT2D eigenvalue weighted by atomic mass is 10.1. The van der Waals surface area contributed by atoms with E-state index in [0.717, 1.165) is 6.42 Å². The lowest BCUT2D eigenvalue weighted by molar-refractivity contribution is -0.113. The third kappa shape index (κ3) is 4.54. The van der Waals surface area contributed by atoms with E-state index in [-0.39, 0.29) is 11.5 Å². The second kappa shape index (κ2) is 7.00. The van der Waals surface area contributed by atoms with Crippen molar-refractivity contribution >= 4 is 17.6 Å². The van der Waals surface area contributed by atoms with E-state index in [2.05, 4.69) is 16.3 Å². The highest BCUT2D eigenvalue weighted by Gasteiger charge is 2.10. The lowest BCUT2D eigenvalue weighted by Gasteiger charge is -2.00. The number of ketones is 1. The SMILES string of the molecule is C=CC/C(=N\C(=O)OC)C(=O)CCC. The molecule has 4 heteroatoms. The van der Waals surface area contributed by atoms with Crippen LogP contribution in [-0.4, -0.2) is 24.7 Å². The molecule has 0 spiro atoms. The van der Waals surface area contributed by atoms with Gasteiger partial charge < -0.3 is 4.74 Å². The molecule has 0 aromatic heterocycles. The first-order valence-electron chi connectivity index (χ1n) is 4.45. The minimum absolute atomic E-state index is 0.127. The summed E-state index contributed by atoms with van der Waals surface area (Å²) in [5, 5.41) is 0. The molecule has 0 saturated carbocycles. The average molecular weight is 197 g/mol. The van der Waals surface area contributed by atoms with Gasteiger partial charge in [-0.25, -0.2) is 4.79 Å². The first kappa shape index (κ1) is 12.6. The number of allylic oxidation sites excluding steroid dienone is 1. The van der Waals surface area contributed by atoms with Crippen molar-refractivity contribution in [3.05, 3.63) is 12.7 Å². The summed E-state index contributed by atoms with van der Waals surface area (Å²) in [6.45, 7) is 5.38. The summed E-state index contributed by atoms with van der Waals surface area (Å²) in [4.78, 5) is 25.7. The summed E-state index contributed by atoms with van der Waals surface area (Å²) < 4.78 is 4.34. The van der Waals surface area contributed by atoms with Crippen LogP contribution in [0.15, 0.2) is 17.6 Å². The van der Waals surface area contributed by atoms with Crippen LogP contribution in [0.1, 0.15) is 26.2 Å². The predicted molar refractivity (Wildman–Crippen MR) is 54.6 cm³/mol. The van der Waals surface area contributed by atoms with Crippen LogP contribution in [0.3, 0.4) is 0 Å². The van der Waals surface area contributed by atoms with Crippen molar-refractivity contribution in [1.82, 2.24) is 0 Å². The van der Waals surface area contributed by atoms with Gasteiger partial charge in [0.05, 0.1) is 12.8 Å². The molecule has 0 atom stereocenters. The van der Waals surface area contributed by atoms with Crippen LogP contribution in [0.5, 0.6) is 0 Å². The fraction of sp³-hybridized carbons (Fsp3) is 0.500. The summed E-state index contributed by atoms with van der Waals surface area (Å²) in [6, 6.07) is 0. The highest BCUT2D eigenvalue weighted by atomic mass is 16.5. The van der Waals surface area contributed by atoms with E-state index in [1.165, 1.54) is 13.2 Å². The number of rotatable bonds is 5. The summed E-state index contributed by atoms with van der Waals surface area (Å²) in [6.07, 6.45) is 2.22. The molecule has 0 aromatic rings. The van der Waals surface area contributed by atoms with Gasteiger partial charge in [-0.3, -0.25) is 4.79 Å². The number of amides is 1. The van der Waals surface area contributed by atoms with Crippen molar-refractivity contribution in [3.8, 4) is 0 Å². The molecule has 0 bridgehead atoms. The molecule has 0 aliphatic heterocycles. The zero-order chi connectivity index (χ0) is 11.0. The Kier molecular flexibility index (Phi) is 6.28. The van der Waals surface area contributed by atoms with Crippen LogP contribution < -0.4 is 0 Å². The molecule has 0 N–H and O–H groups in total. The van der Waals surface area contributed by atoms with Gasteiger partial charge >= 0.3 is 6.09 Å². The fourth-order valence-corrected chi connectivity index (χ4v) is 0.886. The number of methoxy groups -OCH3 is 1. The first-order valence-corrected chi connectivity index (χ1v) is 4.45. The van der Waals surface area contributed by atoms with Crippen molar-refractivity contribution in [2.45, 2.75) is 26.2 Å². The number of hydrogen-bond donors (Lipinski definition) is 0. The van der Waals surface area contributed by atoms with E-state index in [9.17, 15) is 9.59 Å². The zero-order valence-electron chi connectivity index (χ0n) is 8.58. The molecule has 0 radical (unpaired) electrons. The molecule has 1 amide bonds. The van der Waals surface area contributed by atoms with Gasteiger partial charge in [-0.05, 0) is 6.42 Å². The molecular formula is C10H15NO3. The number of Topliss-reactive ketones (excluding diaryl/α,β-unsaturated/α-hetero) is 1. The van der Waals surface area contributed by atoms with Crippen molar-refractivity contribution in [1.29, 1.82) is 0 Å². The molecule has 0 rings (SSSR count). The Balaban J connectivity index is 4.56. The van der Waals surface area contributed by atoms with Gasteiger partial charge in [0.1, 0.15) is 0 Å². The summed E-state index contributed by atoms with van der Waals surface area (Å²) in [5.74, 6) is -0.127. The molecule has 0 aliphatic rings. The van der Waals surface area contributed by atoms with Crippen molar-refractivity contribution in [3.63, 3.8) is 0 Å². The minimum Gasteiger partial charge on any atom is -0.451 e. The zero-order valence-corrected chi connectivity index (χ0v) is 8.58. The third-order valence-corrected chi connectivity index (χ3v) is 1.54. The standard InChI is InChI=1S/C10H15NO3/c1-4-6-8(9(12)7-5-2)11-10(13)14-3/h4H,1,5-7H2,2-3H3/b11-8+. The van der Waals surface area contributed by atoms with E-state index in [4.69, 9.17) is 0 Å². The first-order chi connectivity index (χ1) is 6.65. The molecule has 0 aliphatic carbocycles. The van der Waals surface area contributed by atoms with Crippen molar-refractivity contribution < 1.29 is 14.3 Å². The Bertz CT molecular complexity index is 256. The average Bonchev–Trinajstić information content (AvgIpc) is 2.17. The third-order valence-electron chi connectivity index (χ3n) is 1.54. The summed E-state index contributed by atoms with van der Waals surface area (Å²) in [5.41, 5.74) is 0.216. The van der Waals surface area contributed by atoms with Gasteiger partial charge in [0.25, 0.3) is 0 Å². The molecule has 0 aromatic carbocycles. The van der Waals surface area contributed by atoms with Crippen LogP contribution in [0.25, 0.3) is 0 Å². The van der Waals surface area contributed by atoms with Crippen LogP contribution >= 0.6 is 0 Å². The van der Waals surface area contributed by atoms with Crippen LogP contribution in [-0.2, 0) is 9.53 Å². The highest BCUT2D eigenvalue weighted by Crippen LogP contribution is 1.99. The molecular weight excluding hydrogens is 182 g/mol. The van der Waals surface area contributed by atoms with E-state index in [0.29, 0.717) is 12.8 Å². The van der Waals surface area contributed by atoms with Gasteiger partial charge in [0.2, 0.25) is 0 Å². The Morgan fingerprint density at radius 3 is 2.57 bits per heavy atom. The van der Waals surface area contributed by atoms with E-state index >= 15 is 0 Å². The van der Waals surface area contributed by atoms with Crippen LogP contribution in [0.2, 0.25) is 0 Å². The molecule has 0 saturated heterocycles. The highest BCUT2D eigenvalue weighted by molar-refractivity contribution is 6.41. The number of carbonyl (C=O) groups excluding carboxylic acids is 2. The van der Waals surface area contributed by atoms with Crippen LogP contribution in [0.4, 0.5) is 4.79 Å². The molecule has 0 unspecified atom stereocenters. The Morgan fingerprint density at radius 1 is 1.50 bits per heavy atom. The van der Waals surface area contributed by atoms with Crippen molar-refractivity contribution in [2.24, 2.45) is 4.99 Å². The number of hydrogen-bond acceptors (Lipinski definition) is 3. The monoisotopic (exact) mass is 197 g/mol. The van der Waals surface area contributed by atoms with Gasteiger partial charge in [-0.2, -0.15) is 4.99 Å². The number of carbonyl (C=O) groups is 2. The maximum Gasteiger partial charge on any atom is 0.433 e. The Morgan fingerprint density at radius 2 is 2.14 bits per heavy atom. The molecule has 0 heterocycles. The maximum atomic E-state index is 11.4. The quantitative estimate of drug-likeness (QED) is 0.501. The molecule has 0 fully saturated rings. The molecule has 4 nitrogen and oxygen atoms in total. The van der Waals surface area contributed by atoms with Gasteiger partial charge in [0.15, 0.2) is 5.78 Å². The van der Waals surface area contributed by atoms with E-state index in [1.54, 1.807) is 0 Å². The Labute approximate surface area is 83.7 Å². The van der Waals surface area contributed by atoms with Gasteiger partial charge in [-0.15, -0.1) is 6.58 Å². The number of ether oxygens (including phenoxy) is 1. The predicted octanol–water partition coefficient (Wildman–Crippen LogP) is 2.14. The van der Waals surface area contributed by atoms with E-state index in [1.807, 2.05) is 6.92 Å². The normalized spacial score (nSPS) is 10.9. The largest absolute Gasteiger partial charge is 0.451 e. The minimum atomic E-state index is -0.744. The second-order valence-electron chi connectivity index (χ2n) is 2.69. The smallest absolute Gasteiger partial charge is 0.433 e. The van der Waals surface area contributed by atoms with Gasteiger partial charge in [-0.1, -0.05) is 13.0 Å².